The van der Waals surface area contributed by atoms with E-state index in [-0.39, 0.29) is 15.7 Å². The van der Waals surface area contributed by atoms with Gasteiger partial charge in [0.15, 0.2) is 6.61 Å². The van der Waals surface area contributed by atoms with E-state index in [1.54, 1.807) is 13.0 Å². The highest BCUT2D eigenvalue weighted by Gasteiger charge is 2.28. The van der Waals surface area contributed by atoms with E-state index in [4.69, 9.17) is 20.6 Å². The zero-order chi connectivity index (χ0) is 21.2. The lowest BCUT2D eigenvalue weighted by atomic mass is 10.0. The van der Waals surface area contributed by atoms with E-state index in [2.05, 4.69) is 0 Å². The standard InChI is InChI=1S/C19H19ClF3NO4S/c1-13-4-5-17(29(25,26)28-24-6-2-3-7-24)11-18(13)14-8-15(20)10-16(9-14)27-12-19(21,22)23/h4-5,8-11H,2-3,6-7,12H2,1H3. The number of halogens is 4. The first-order chi connectivity index (χ1) is 13.5. The third-order valence-corrected chi connectivity index (χ3v) is 5.81. The molecule has 3 rings (SSSR count). The Morgan fingerprint density at radius 2 is 1.79 bits per heavy atom. The molecule has 0 amide bonds. The van der Waals surface area contributed by atoms with Gasteiger partial charge in [-0.15, -0.1) is 0 Å². The van der Waals surface area contributed by atoms with Crippen molar-refractivity contribution in [2.24, 2.45) is 0 Å². The summed E-state index contributed by atoms with van der Waals surface area (Å²) in [6.07, 6.45) is -2.77. The molecular formula is C19H19ClF3NO4S. The summed E-state index contributed by atoms with van der Waals surface area (Å²) in [5, 5.41) is 1.57. The highest BCUT2D eigenvalue weighted by atomic mass is 35.5. The zero-order valence-corrected chi connectivity index (χ0v) is 17.1. The first kappa shape index (κ1) is 21.9. The van der Waals surface area contributed by atoms with Crippen LogP contribution < -0.4 is 4.74 Å². The molecule has 0 bridgehead atoms. The minimum Gasteiger partial charge on any atom is -0.484 e. The van der Waals surface area contributed by atoms with Crippen molar-refractivity contribution in [3.8, 4) is 16.9 Å². The molecule has 1 aliphatic rings. The van der Waals surface area contributed by atoms with E-state index in [9.17, 15) is 21.6 Å². The summed E-state index contributed by atoms with van der Waals surface area (Å²) in [4.78, 5) is -0.0530. The van der Waals surface area contributed by atoms with Crippen LogP contribution in [0.3, 0.4) is 0 Å². The fraction of sp³-hybridized carbons (Fsp3) is 0.368. The van der Waals surface area contributed by atoms with E-state index in [0.29, 0.717) is 29.8 Å². The van der Waals surface area contributed by atoms with Crippen LogP contribution in [0, 0.1) is 6.92 Å². The molecule has 1 fully saturated rings. The Morgan fingerprint density at radius 3 is 2.45 bits per heavy atom. The first-order valence-corrected chi connectivity index (χ1v) is 10.6. The predicted octanol–water partition coefficient (Wildman–Crippen LogP) is 4.97. The first-order valence-electron chi connectivity index (χ1n) is 8.84. The molecule has 10 heteroatoms. The van der Waals surface area contributed by atoms with Crippen molar-refractivity contribution in [1.29, 1.82) is 0 Å². The fourth-order valence-corrected chi connectivity index (χ4v) is 4.21. The SMILES string of the molecule is Cc1ccc(S(=O)(=O)ON2CCCC2)cc1-c1cc(Cl)cc(OCC(F)(F)F)c1. The van der Waals surface area contributed by atoms with Crippen LogP contribution in [0.5, 0.6) is 5.75 Å². The van der Waals surface area contributed by atoms with Crippen LogP contribution >= 0.6 is 11.6 Å². The summed E-state index contributed by atoms with van der Waals surface area (Å²) in [6, 6.07) is 8.63. The summed E-state index contributed by atoms with van der Waals surface area (Å²) in [6.45, 7) is 1.37. The molecular weight excluding hydrogens is 431 g/mol. The topological polar surface area (TPSA) is 55.8 Å². The number of benzene rings is 2. The van der Waals surface area contributed by atoms with Crippen LogP contribution in [0.25, 0.3) is 11.1 Å². The molecule has 0 unspecified atom stereocenters. The maximum absolute atomic E-state index is 12.6. The third-order valence-electron chi connectivity index (χ3n) is 4.35. The molecule has 29 heavy (non-hydrogen) atoms. The summed E-state index contributed by atoms with van der Waals surface area (Å²) in [7, 11) is -4.03. The molecule has 0 N–H and O–H groups in total. The fourth-order valence-electron chi connectivity index (χ4n) is 2.98. The van der Waals surface area contributed by atoms with Gasteiger partial charge < -0.3 is 4.74 Å². The Bertz CT molecular complexity index is 989. The second-order valence-electron chi connectivity index (χ2n) is 6.72. The monoisotopic (exact) mass is 449 g/mol. The quantitative estimate of drug-likeness (QED) is 0.623. The molecule has 1 heterocycles. The van der Waals surface area contributed by atoms with Crippen molar-refractivity contribution in [2.45, 2.75) is 30.8 Å². The molecule has 1 aliphatic heterocycles. The molecule has 0 atom stereocenters. The summed E-state index contributed by atoms with van der Waals surface area (Å²) in [5.41, 5.74) is 1.65. The summed E-state index contributed by atoms with van der Waals surface area (Å²) < 4.78 is 72.4. The van der Waals surface area contributed by atoms with E-state index < -0.39 is 22.9 Å². The molecule has 0 spiro atoms. The van der Waals surface area contributed by atoms with Crippen LogP contribution in [0.1, 0.15) is 18.4 Å². The van der Waals surface area contributed by atoms with Gasteiger partial charge in [0.1, 0.15) is 5.75 Å². The van der Waals surface area contributed by atoms with Crippen LogP contribution in [-0.2, 0) is 14.4 Å². The highest BCUT2D eigenvalue weighted by molar-refractivity contribution is 7.86. The minimum absolute atomic E-state index is 0.0530. The summed E-state index contributed by atoms with van der Waals surface area (Å²) in [5.74, 6) is -0.0641. The predicted molar refractivity (Wildman–Crippen MR) is 102 cm³/mol. The Kier molecular flexibility index (Phi) is 6.42. The molecule has 158 valence electrons. The Balaban J connectivity index is 1.92. The number of hydroxylamine groups is 2. The van der Waals surface area contributed by atoms with Crippen LogP contribution in [0.4, 0.5) is 13.2 Å². The third kappa shape index (κ3) is 5.85. The highest BCUT2D eigenvalue weighted by Crippen LogP contribution is 2.33. The average molecular weight is 450 g/mol. The number of hydrogen-bond acceptors (Lipinski definition) is 5. The lowest BCUT2D eigenvalue weighted by Crippen LogP contribution is -2.24. The van der Waals surface area contributed by atoms with Gasteiger partial charge >= 0.3 is 16.3 Å². The van der Waals surface area contributed by atoms with E-state index in [1.165, 1.54) is 35.4 Å². The lowest BCUT2D eigenvalue weighted by molar-refractivity contribution is -0.153. The molecule has 1 saturated heterocycles. The van der Waals surface area contributed by atoms with Crippen LogP contribution in [0.15, 0.2) is 41.3 Å². The molecule has 2 aromatic carbocycles. The van der Waals surface area contributed by atoms with Crippen molar-refractivity contribution in [3.05, 3.63) is 47.0 Å². The van der Waals surface area contributed by atoms with Crippen molar-refractivity contribution < 1.29 is 30.6 Å². The van der Waals surface area contributed by atoms with Crippen LogP contribution in [0.2, 0.25) is 5.02 Å². The van der Waals surface area contributed by atoms with Crippen molar-refractivity contribution in [2.75, 3.05) is 19.7 Å². The number of rotatable bonds is 6. The molecule has 0 aromatic heterocycles. The molecule has 0 radical (unpaired) electrons. The van der Waals surface area contributed by atoms with Gasteiger partial charge in [0.05, 0.1) is 4.90 Å². The van der Waals surface area contributed by atoms with Crippen LogP contribution in [-0.4, -0.2) is 39.4 Å². The zero-order valence-electron chi connectivity index (χ0n) is 15.5. The van der Waals surface area contributed by atoms with Crippen molar-refractivity contribution in [1.82, 2.24) is 5.06 Å². The second kappa shape index (κ2) is 8.51. The second-order valence-corrected chi connectivity index (χ2v) is 8.69. The van der Waals surface area contributed by atoms with E-state index in [0.717, 1.165) is 12.8 Å². The van der Waals surface area contributed by atoms with Gasteiger partial charge in [-0.1, -0.05) is 17.7 Å². The Labute approximate surface area is 172 Å². The summed E-state index contributed by atoms with van der Waals surface area (Å²) >= 11 is 6.03. The van der Waals surface area contributed by atoms with Gasteiger partial charge in [0.25, 0.3) is 0 Å². The van der Waals surface area contributed by atoms with Gasteiger partial charge in [-0.2, -0.15) is 30.9 Å². The molecule has 5 nitrogen and oxygen atoms in total. The number of ether oxygens (including phenoxy) is 1. The Morgan fingerprint density at radius 1 is 1.10 bits per heavy atom. The van der Waals surface area contributed by atoms with Gasteiger partial charge in [0, 0.05) is 18.1 Å². The van der Waals surface area contributed by atoms with Crippen molar-refractivity contribution >= 4 is 21.7 Å². The molecule has 0 saturated carbocycles. The normalized spacial score (nSPS) is 15.6. The Hall–Kier alpha value is -1.81. The number of aryl methyl sites for hydroxylation is 1. The maximum atomic E-state index is 12.6. The maximum Gasteiger partial charge on any atom is 0.422 e. The largest absolute Gasteiger partial charge is 0.484 e. The number of alkyl halides is 3. The smallest absolute Gasteiger partial charge is 0.422 e. The van der Waals surface area contributed by atoms with Crippen molar-refractivity contribution in [3.63, 3.8) is 0 Å². The van der Waals surface area contributed by atoms with Gasteiger partial charge in [0.2, 0.25) is 0 Å². The van der Waals surface area contributed by atoms with Gasteiger partial charge in [-0.25, -0.2) is 0 Å². The van der Waals surface area contributed by atoms with E-state index in [1.807, 2.05) is 0 Å². The lowest BCUT2D eigenvalue weighted by Gasteiger charge is -2.16. The molecule has 2 aromatic rings. The number of hydrogen-bond donors (Lipinski definition) is 0. The van der Waals surface area contributed by atoms with Gasteiger partial charge in [-0.3, -0.25) is 0 Å². The molecule has 0 aliphatic carbocycles. The minimum atomic E-state index is -4.49. The average Bonchev–Trinajstić information content (AvgIpc) is 3.11. The van der Waals surface area contributed by atoms with E-state index >= 15 is 0 Å². The number of nitrogens with zero attached hydrogens (tertiary/aromatic N) is 1. The van der Waals surface area contributed by atoms with Gasteiger partial charge in [-0.05, 0) is 66.8 Å².